The maximum absolute atomic E-state index is 11.0. The van der Waals surface area contributed by atoms with Gasteiger partial charge >= 0.3 is 10.4 Å². The van der Waals surface area contributed by atoms with Gasteiger partial charge < -0.3 is 5.21 Å². The minimum atomic E-state index is -4.51. The predicted molar refractivity (Wildman–Crippen MR) is 66.7 cm³/mol. The Morgan fingerprint density at radius 3 is 1.83 bits per heavy atom. The Hall–Kier alpha value is -0.210. The SMILES string of the molecule is CCC1(OS(=O)(=O)O)CC(C)(C)N(O)C(C)(C)C1. The van der Waals surface area contributed by atoms with Crippen molar-refractivity contribution in [1.82, 2.24) is 5.06 Å². The standard InChI is InChI=1S/C11H23NO5S/c1-6-11(17-18(14,15)16)7-9(2,3)12(13)10(4,5)8-11/h13H,6-8H2,1-5H3,(H,14,15,16). The Bertz CT molecular complexity index is 397. The van der Waals surface area contributed by atoms with Crippen LogP contribution in [0.1, 0.15) is 53.9 Å². The topological polar surface area (TPSA) is 87.1 Å². The Morgan fingerprint density at radius 1 is 1.17 bits per heavy atom. The maximum Gasteiger partial charge on any atom is 0.397 e. The molecule has 0 saturated carbocycles. The molecule has 1 aliphatic rings. The van der Waals surface area contributed by atoms with Gasteiger partial charge in [0.2, 0.25) is 0 Å². The van der Waals surface area contributed by atoms with Crippen molar-refractivity contribution < 1.29 is 22.4 Å². The molecule has 18 heavy (non-hydrogen) atoms. The third kappa shape index (κ3) is 3.21. The second kappa shape index (κ2) is 4.42. The molecule has 1 rings (SSSR count). The molecule has 0 unspecified atom stereocenters. The fourth-order valence-electron chi connectivity index (χ4n) is 3.20. The number of nitrogens with zero attached hydrogens (tertiary/aromatic N) is 1. The summed E-state index contributed by atoms with van der Waals surface area (Å²) in [6.07, 6.45) is 1.07. The normalized spacial score (nSPS) is 27.1. The van der Waals surface area contributed by atoms with Gasteiger partial charge in [-0.3, -0.25) is 4.55 Å². The van der Waals surface area contributed by atoms with Gasteiger partial charge in [0.15, 0.2) is 0 Å². The zero-order chi connectivity index (χ0) is 14.4. The molecule has 0 radical (unpaired) electrons. The molecule has 0 amide bonds. The third-order valence-electron chi connectivity index (χ3n) is 3.58. The van der Waals surface area contributed by atoms with Crippen LogP contribution in [0.4, 0.5) is 0 Å². The lowest BCUT2D eigenvalue weighted by Gasteiger charge is -2.55. The van der Waals surface area contributed by atoms with Gasteiger partial charge in [-0.2, -0.15) is 13.5 Å². The van der Waals surface area contributed by atoms with Gasteiger partial charge in [0, 0.05) is 11.1 Å². The number of hydrogen-bond donors (Lipinski definition) is 2. The van der Waals surface area contributed by atoms with Crippen LogP contribution in [0.3, 0.4) is 0 Å². The van der Waals surface area contributed by atoms with Crippen molar-refractivity contribution in [1.29, 1.82) is 0 Å². The van der Waals surface area contributed by atoms with Crippen molar-refractivity contribution in [2.45, 2.75) is 70.6 Å². The van der Waals surface area contributed by atoms with E-state index in [0.29, 0.717) is 19.3 Å². The summed E-state index contributed by atoms with van der Waals surface area (Å²) in [5, 5.41) is 11.4. The molecule has 1 heterocycles. The molecule has 0 spiro atoms. The summed E-state index contributed by atoms with van der Waals surface area (Å²) in [6, 6.07) is 0. The van der Waals surface area contributed by atoms with Crippen LogP contribution in [0.2, 0.25) is 0 Å². The molecule has 0 aliphatic carbocycles. The van der Waals surface area contributed by atoms with Gasteiger partial charge in [0.1, 0.15) is 0 Å². The van der Waals surface area contributed by atoms with Crippen LogP contribution in [0.5, 0.6) is 0 Å². The molecule has 7 heteroatoms. The zero-order valence-electron chi connectivity index (χ0n) is 11.6. The van der Waals surface area contributed by atoms with E-state index in [2.05, 4.69) is 0 Å². The van der Waals surface area contributed by atoms with Crippen LogP contribution in [-0.2, 0) is 14.6 Å². The number of hydroxylamine groups is 2. The van der Waals surface area contributed by atoms with Crippen molar-refractivity contribution in [3.8, 4) is 0 Å². The first-order valence-corrected chi connectivity index (χ1v) is 7.37. The molecule has 2 N–H and O–H groups in total. The van der Waals surface area contributed by atoms with E-state index in [1.54, 1.807) is 0 Å². The zero-order valence-corrected chi connectivity index (χ0v) is 12.4. The molecule has 0 aromatic carbocycles. The highest BCUT2D eigenvalue weighted by Gasteiger charge is 2.53. The van der Waals surface area contributed by atoms with Gasteiger partial charge in [0.05, 0.1) is 5.60 Å². The molecule has 0 aromatic heterocycles. The smallest absolute Gasteiger partial charge is 0.313 e. The number of rotatable bonds is 3. The summed E-state index contributed by atoms with van der Waals surface area (Å²) in [5.41, 5.74) is -2.26. The minimum absolute atomic E-state index is 0.316. The van der Waals surface area contributed by atoms with Gasteiger partial charge in [-0.25, -0.2) is 4.18 Å². The molecule has 0 atom stereocenters. The largest absolute Gasteiger partial charge is 0.397 e. The van der Waals surface area contributed by atoms with E-state index in [4.69, 9.17) is 8.74 Å². The van der Waals surface area contributed by atoms with E-state index in [1.165, 1.54) is 5.06 Å². The van der Waals surface area contributed by atoms with Crippen LogP contribution in [0.25, 0.3) is 0 Å². The van der Waals surface area contributed by atoms with Crippen molar-refractivity contribution in [3.05, 3.63) is 0 Å². The van der Waals surface area contributed by atoms with Crippen molar-refractivity contribution in [3.63, 3.8) is 0 Å². The number of hydrogen-bond acceptors (Lipinski definition) is 5. The van der Waals surface area contributed by atoms with Crippen molar-refractivity contribution in [2.24, 2.45) is 0 Å². The Labute approximate surface area is 109 Å². The van der Waals surface area contributed by atoms with E-state index < -0.39 is 27.1 Å². The summed E-state index contributed by atoms with van der Waals surface area (Å²) in [4.78, 5) is 0. The average molecular weight is 281 g/mol. The predicted octanol–water partition coefficient (Wildman–Crippen LogP) is 2.00. The molecular formula is C11H23NO5S. The molecule has 1 fully saturated rings. The van der Waals surface area contributed by atoms with E-state index in [1.807, 2.05) is 34.6 Å². The molecule has 1 saturated heterocycles. The van der Waals surface area contributed by atoms with Crippen LogP contribution in [0, 0.1) is 0 Å². The van der Waals surface area contributed by atoms with Crippen molar-refractivity contribution >= 4 is 10.4 Å². The Kier molecular flexibility index (Phi) is 3.89. The second-order valence-electron chi connectivity index (χ2n) is 6.34. The fraction of sp³-hybridized carbons (Fsp3) is 1.00. The Morgan fingerprint density at radius 2 is 1.56 bits per heavy atom. The molecule has 0 bridgehead atoms. The van der Waals surface area contributed by atoms with Crippen LogP contribution in [0.15, 0.2) is 0 Å². The van der Waals surface area contributed by atoms with Crippen LogP contribution < -0.4 is 0 Å². The maximum atomic E-state index is 11.0. The summed E-state index contributed by atoms with van der Waals surface area (Å²) in [5.74, 6) is 0. The van der Waals surface area contributed by atoms with Gasteiger partial charge in [-0.05, 0) is 47.0 Å². The van der Waals surface area contributed by atoms with Crippen LogP contribution >= 0.6 is 0 Å². The third-order valence-corrected chi connectivity index (χ3v) is 4.15. The monoisotopic (exact) mass is 281 g/mol. The van der Waals surface area contributed by atoms with Gasteiger partial charge in [-0.15, -0.1) is 0 Å². The molecule has 0 aromatic rings. The lowest BCUT2D eigenvalue weighted by Crippen LogP contribution is -2.64. The van der Waals surface area contributed by atoms with E-state index in [0.717, 1.165) is 0 Å². The van der Waals surface area contributed by atoms with Crippen molar-refractivity contribution in [2.75, 3.05) is 0 Å². The Balaban J connectivity index is 3.16. The van der Waals surface area contributed by atoms with Gasteiger partial charge in [-0.1, -0.05) is 6.92 Å². The molecule has 1 aliphatic heterocycles. The van der Waals surface area contributed by atoms with E-state index in [9.17, 15) is 13.6 Å². The summed E-state index contributed by atoms with van der Waals surface area (Å²) < 4.78 is 35.9. The van der Waals surface area contributed by atoms with E-state index >= 15 is 0 Å². The summed E-state index contributed by atoms with van der Waals surface area (Å²) in [6.45, 7) is 9.05. The quantitative estimate of drug-likeness (QED) is 0.769. The van der Waals surface area contributed by atoms with Crippen LogP contribution in [-0.4, -0.2) is 39.9 Å². The second-order valence-corrected chi connectivity index (χ2v) is 7.36. The highest BCUT2D eigenvalue weighted by atomic mass is 32.3. The van der Waals surface area contributed by atoms with E-state index in [-0.39, 0.29) is 0 Å². The summed E-state index contributed by atoms with van der Waals surface area (Å²) in [7, 11) is -4.51. The lowest BCUT2D eigenvalue weighted by atomic mass is 9.71. The minimum Gasteiger partial charge on any atom is -0.313 e. The first kappa shape index (κ1) is 15.8. The fourth-order valence-corrected chi connectivity index (χ4v) is 3.88. The number of piperidine rings is 1. The lowest BCUT2D eigenvalue weighted by molar-refractivity contribution is -0.271. The van der Waals surface area contributed by atoms with Gasteiger partial charge in [0.25, 0.3) is 0 Å². The first-order chi connectivity index (χ1) is 7.84. The first-order valence-electron chi connectivity index (χ1n) is 6.01. The summed E-state index contributed by atoms with van der Waals surface area (Å²) >= 11 is 0. The molecule has 6 nitrogen and oxygen atoms in total. The average Bonchev–Trinajstić information content (AvgIpc) is 2.10. The highest BCUT2D eigenvalue weighted by Crippen LogP contribution is 2.46. The molecule has 108 valence electrons. The highest BCUT2D eigenvalue weighted by molar-refractivity contribution is 7.80. The molecular weight excluding hydrogens is 258 g/mol.